The Morgan fingerprint density at radius 3 is 2.71 bits per heavy atom. The van der Waals surface area contributed by atoms with E-state index >= 15 is 0 Å². The van der Waals surface area contributed by atoms with Crippen LogP contribution in [0.5, 0.6) is 5.88 Å². The molecule has 1 amide bonds. The van der Waals surface area contributed by atoms with E-state index in [0.717, 1.165) is 30.1 Å². The van der Waals surface area contributed by atoms with Crippen LogP contribution in [0.25, 0.3) is 0 Å². The van der Waals surface area contributed by atoms with Gasteiger partial charge in [-0.3, -0.25) is 9.79 Å². The summed E-state index contributed by atoms with van der Waals surface area (Å²) in [5.74, 6) is 2.13. The van der Waals surface area contributed by atoms with Crippen molar-refractivity contribution >= 4 is 35.8 Å². The van der Waals surface area contributed by atoms with E-state index in [2.05, 4.69) is 20.6 Å². The zero-order chi connectivity index (χ0) is 21.3. The van der Waals surface area contributed by atoms with E-state index in [4.69, 9.17) is 4.74 Å². The number of hydrogen-bond acceptors (Lipinski definition) is 4. The monoisotopic (exact) mass is 537 g/mol. The van der Waals surface area contributed by atoms with Gasteiger partial charge in [0.05, 0.1) is 6.61 Å². The van der Waals surface area contributed by atoms with E-state index in [1.54, 1.807) is 32.2 Å². The van der Waals surface area contributed by atoms with Crippen molar-refractivity contribution in [3.8, 4) is 5.88 Å². The van der Waals surface area contributed by atoms with Gasteiger partial charge in [0.2, 0.25) is 5.88 Å². The predicted octanol–water partition coefficient (Wildman–Crippen LogP) is 3.10. The maximum absolute atomic E-state index is 12.1. The number of carbonyl (C=O) groups excluding carboxylic acids is 1. The largest absolute Gasteiger partial charge is 0.477 e. The number of benzene rings is 1. The van der Waals surface area contributed by atoms with Gasteiger partial charge in [-0.1, -0.05) is 12.1 Å². The maximum Gasteiger partial charge on any atom is 0.253 e. The Morgan fingerprint density at radius 1 is 1.19 bits per heavy atom. The first-order valence-electron chi connectivity index (χ1n) is 10.4. The molecule has 1 aliphatic rings. The van der Waals surface area contributed by atoms with E-state index in [9.17, 15) is 4.79 Å². The number of aromatic nitrogens is 1. The summed E-state index contributed by atoms with van der Waals surface area (Å²) < 4.78 is 5.75. The van der Waals surface area contributed by atoms with Gasteiger partial charge in [-0.05, 0) is 54.5 Å². The van der Waals surface area contributed by atoms with Crippen LogP contribution in [0, 0.1) is 5.92 Å². The third kappa shape index (κ3) is 8.35. The highest BCUT2D eigenvalue weighted by Gasteiger charge is 2.22. The van der Waals surface area contributed by atoms with Crippen molar-refractivity contribution < 1.29 is 9.53 Å². The number of halogens is 1. The summed E-state index contributed by atoms with van der Waals surface area (Å²) >= 11 is 0. The molecule has 0 unspecified atom stereocenters. The van der Waals surface area contributed by atoms with Gasteiger partial charge in [-0.2, -0.15) is 0 Å². The molecule has 1 aromatic carbocycles. The van der Waals surface area contributed by atoms with Gasteiger partial charge in [-0.15, -0.1) is 24.0 Å². The van der Waals surface area contributed by atoms with Crippen molar-refractivity contribution in [2.45, 2.75) is 25.8 Å². The second-order valence-corrected chi connectivity index (χ2v) is 7.76. The number of nitrogens with zero attached hydrogens (tertiary/aromatic N) is 3. The highest BCUT2D eigenvalue weighted by atomic mass is 127. The van der Waals surface area contributed by atoms with Gasteiger partial charge in [0.1, 0.15) is 0 Å². The van der Waals surface area contributed by atoms with Crippen LogP contribution in [-0.4, -0.2) is 56.0 Å². The Balaban J connectivity index is 0.00000341. The number of hydrogen-bond donors (Lipinski definition) is 2. The van der Waals surface area contributed by atoms with Crippen LogP contribution in [0.1, 0.15) is 34.3 Å². The standard InChI is InChI=1S/C23H31N5O2.HI/c1-24-23(26-12-9-17-5-4-6-20(13-17)22(29)28(2)3)27-15-19-10-11-25-21(14-19)30-16-18-7-8-18;/h4-6,10-11,13-14,18H,7-9,12,15-16H2,1-3H3,(H2,24,26,27);1H. The number of pyridine rings is 1. The number of ether oxygens (including phenoxy) is 1. The quantitative estimate of drug-likeness (QED) is 0.292. The Labute approximate surface area is 201 Å². The number of aliphatic imine (C=N–C) groups is 1. The molecule has 1 aromatic heterocycles. The fourth-order valence-electron chi connectivity index (χ4n) is 2.98. The summed E-state index contributed by atoms with van der Waals surface area (Å²) in [6, 6.07) is 11.7. The highest BCUT2D eigenvalue weighted by molar-refractivity contribution is 14.0. The molecule has 3 rings (SSSR count). The average molecular weight is 537 g/mol. The van der Waals surface area contributed by atoms with Gasteiger partial charge >= 0.3 is 0 Å². The lowest BCUT2D eigenvalue weighted by Crippen LogP contribution is -2.37. The van der Waals surface area contributed by atoms with Gasteiger partial charge in [-0.25, -0.2) is 4.98 Å². The number of amides is 1. The minimum Gasteiger partial charge on any atom is -0.477 e. The molecule has 1 fully saturated rings. The molecule has 1 aliphatic carbocycles. The van der Waals surface area contributed by atoms with Crippen LogP contribution in [0.3, 0.4) is 0 Å². The molecule has 0 atom stereocenters. The number of carbonyl (C=O) groups is 1. The summed E-state index contributed by atoms with van der Waals surface area (Å²) in [6.45, 7) is 2.11. The Morgan fingerprint density at radius 2 is 2.00 bits per heavy atom. The lowest BCUT2D eigenvalue weighted by molar-refractivity contribution is 0.0827. The molecule has 0 saturated heterocycles. The van der Waals surface area contributed by atoms with Crippen molar-refractivity contribution in [1.29, 1.82) is 0 Å². The van der Waals surface area contributed by atoms with Gasteiger partial charge < -0.3 is 20.3 Å². The average Bonchev–Trinajstić information content (AvgIpc) is 3.59. The van der Waals surface area contributed by atoms with Crippen LogP contribution in [0.2, 0.25) is 0 Å². The van der Waals surface area contributed by atoms with Crippen LogP contribution >= 0.6 is 24.0 Å². The molecule has 0 bridgehead atoms. The minimum absolute atomic E-state index is 0. The maximum atomic E-state index is 12.1. The van der Waals surface area contributed by atoms with Gasteiger partial charge in [0, 0.05) is 52.1 Å². The number of rotatable bonds is 9. The van der Waals surface area contributed by atoms with Crippen molar-refractivity contribution in [3.63, 3.8) is 0 Å². The van der Waals surface area contributed by atoms with Crippen LogP contribution in [0.15, 0.2) is 47.6 Å². The number of guanidine groups is 1. The van der Waals surface area contributed by atoms with E-state index < -0.39 is 0 Å². The molecule has 1 heterocycles. The molecule has 0 spiro atoms. The second-order valence-electron chi connectivity index (χ2n) is 7.76. The normalized spacial score (nSPS) is 13.2. The molecule has 2 aromatic rings. The summed E-state index contributed by atoms with van der Waals surface area (Å²) in [5.41, 5.74) is 2.91. The molecule has 1 saturated carbocycles. The van der Waals surface area contributed by atoms with E-state index in [-0.39, 0.29) is 29.9 Å². The fraction of sp³-hybridized carbons (Fsp3) is 0.435. The van der Waals surface area contributed by atoms with Crippen molar-refractivity contribution in [2.75, 3.05) is 34.3 Å². The zero-order valence-corrected chi connectivity index (χ0v) is 20.8. The lowest BCUT2D eigenvalue weighted by Gasteiger charge is -2.13. The zero-order valence-electron chi connectivity index (χ0n) is 18.4. The lowest BCUT2D eigenvalue weighted by atomic mass is 10.1. The van der Waals surface area contributed by atoms with Crippen LogP contribution in [0.4, 0.5) is 0 Å². The topological polar surface area (TPSA) is 78.9 Å². The summed E-state index contributed by atoms with van der Waals surface area (Å²) in [6.07, 6.45) is 5.10. The summed E-state index contributed by atoms with van der Waals surface area (Å²) in [5, 5.41) is 6.63. The smallest absolute Gasteiger partial charge is 0.253 e. The van der Waals surface area contributed by atoms with Crippen molar-refractivity contribution in [1.82, 2.24) is 20.5 Å². The third-order valence-corrected chi connectivity index (χ3v) is 4.93. The number of nitrogens with one attached hydrogen (secondary N) is 2. The second kappa shape index (κ2) is 12.5. The van der Waals surface area contributed by atoms with Crippen molar-refractivity contribution in [2.24, 2.45) is 10.9 Å². The molecule has 2 N–H and O–H groups in total. The first kappa shape index (κ1) is 24.9. The molecule has 168 valence electrons. The Hall–Kier alpha value is -2.36. The van der Waals surface area contributed by atoms with E-state index in [0.29, 0.717) is 30.5 Å². The molecular weight excluding hydrogens is 505 g/mol. The first-order chi connectivity index (χ1) is 14.5. The predicted molar refractivity (Wildman–Crippen MR) is 134 cm³/mol. The summed E-state index contributed by atoms with van der Waals surface area (Å²) in [4.78, 5) is 22.3. The SMILES string of the molecule is CN=C(NCCc1cccc(C(=O)N(C)C)c1)NCc1ccnc(OCC2CC2)c1.I. The Kier molecular flexibility index (Phi) is 10.0. The molecule has 31 heavy (non-hydrogen) atoms. The minimum atomic E-state index is 0. The first-order valence-corrected chi connectivity index (χ1v) is 10.4. The molecular formula is C23H32IN5O2. The molecule has 0 aliphatic heterocycles. The molecule has 0 radical (unpaired) electrons. The summed E-state index contributed by atoms with van der Waals surface area (Å²) in [7, 11) is 5.27. The van der Waals surface area contributed by atoms with Gasteiger partial charge in [0.15, 0.2) is 5.96 Å². The Bertz CT molecular complexity index is 884. The fourth-order valence-corrected chi connectivity index (χ4v) is 2.98. The van der Waals surface area contributed by atoms with Crippen LogP contribution in [-0.2, 0) is 13.0 Å². The van der Waals surface area contributed by atoms with Gasteiger partial charge in [0.25, 0.3) is 5.91 Å². The van der Waals surface area contributed by atoms with Crippen molar-refractivity contribution in [3.05, 3.63) is 59.3 Å². The van der Waals surface area contributed by atoms with E-state index in [1.807, 2.05) is 36.4 Å². The molecule has 8 heteroatoms. The van der Waals surface area contributed by atoms with E-state index in [1.165, 1.54) is 12.8 Å². The molecule has 7 nitrogen and oxygen atoms in total. The highest BCUT2D eigenvalue weighted by Crippen LogP contribution is 2.29. The van der Waals surface area contributed by atoms with Crippen LogP contribution < -0.4 is 15.4 Å². The third-order valence-electron chi connectivity index (χ3n) is 4.93.